The molecule has 3 N–H and O–H groups in total. The van der Waals surface area contributed by atoms with Crippen molar-refractivity contribution < 1.29 is 0 Å². The zero-order valence-corrected chi connectivity index (χ0v) is 6.41. The average molecular weight is 146 g/mol. The van der Waals surface area contributed by atoms with Gasteiger partial charge in [-0.25, -0.2) is 0 Å². The molecule has 0 saturated heterocycles. The topological polar surface area (TPSA) is 38.0 Å². The van der Waals surface area contributed by atoms with Crippen molar-refractivity contribution in [3.63, 3.8) is 0 Å². The minimum Gasteiger partial charge on any atom is -0.330 e. The first kappa shape index (κ1) is 7.38. The molecule has 1 fully saturated rings. The van der Waals surface area contributed by atoms with Crippen LogP contribution in [0, 0.1) is 0 Å². The largest absolute Gasteiger partial charge is 0.330 e. The van der Waals surface area contributed by atoms with Gasteiger partial charge in [0.1, 0.15) is 0 Å². The van der Waals surface area contributed by atoms with Crippen molar-refractivity contribution in [3.8, 4) is 0 Å². The van der Waals surface area contributed by atoms with Crippen molar-refractivity contribution in [2.45, 2.75) is 25.3 Å². The molecule has 0 unspecified atom stereocenters. The van der Waals surface area contributed by atoms with Gasteiger partial charge in [-0.1, -0.05) is 11.9 Å². The molecule has 1 aliphatic rings. The van der Waals surface area contributed by atoms with Crippen molar-refractivity contribution in [2.75, 3.05) is 12.3 Å². The van der Waals surface area contributed by atoms with Crippen LogP contribution in [0.15, 0.2) is 0 Å². The van der Waals surface area contributed by atoms with Gasteiger partial charge in [-0.2, -0.15) is 0 Å². The molecule has 0 atom stereocenters. The van der Waals surface area contributed by atoms with Crippen molar-refractivity contribution in [1.29, 1.82) is 0 Å². The molecular weight excluding hydrogens is 132 g/mol. The van der Waals surface area contributed by atoms with Gasteiger partial charge in [-0.05, 0) is 25.8 Å². The van der Waals surface area contributed by atoms with Crippen LogP contribution in [0.3, 0.4) is 0 Å². The Kier molecular flexibility index (Phi) is 3.40. The van der Waals surface area contributed by atoms with Gasteiger partial charge in [0, 0.05) is 11.8 Å². The lowest BCUT2D eigenvalue weighted by Gasteiger charge is -1.98. The Hall–Kier alpha value is 0.270. The number of rotatable bonds is 5. The third-order valence-electron chi connectivity index (χ3n) is 1.28. The molecule has 2 nitrogen and oxygen atoms in total. The molecule has 0 amide bonds. The molecule has 1 rings (SSSR count). The molecular formula is C6H14N2S. The first-order valence-electron chi connectivity index (χ1n) is 3.51. The molecule has 0 aromatic heterocycles. The maximum Gasteiger partial charge on any atom is 0.0173 e. The van der Waals surface area contributed by atoms with E-state index in [1.165, 1.54) is 12.8 Å². The van der Waals surface area contributed by atoms with E-state index in [9.17, 15) is 0 Å². The third-order valence-corrected chi connectivity index (χ3v) is 2.27. The highest BCUT2D eigenvalue weighted by Gasteiger charge is 2.19. The monoisotopic (exact) mass is 146 g/mol. The average Bonchev–Trinajstić information content (AvgIpc) is 2.63. The normalized spacial score (nSPS) is 18.3. The zero-order valence-electron chi connectivity index (χ0n) is 5.60. The standard InChI is InChI=1S/C6H14N2S/c7-4-1-5-9-8-6-2-3-6/h6,8H,1-5,7H2. The fourth-order valence-electron chi connectivity index (χ4n) is 0.533. The first-order chi connectivity index (χ1) is 4.43. The van der Waals surface area contributed by atoms with E-state index in [0.29, 0.717) is 0 Å². The summed E-state index contributed by atoms with van der Waals surface area (Å²) in [5, 5.41) is 0. The molecule has 0 aromatic carbocycles. The summed E-state index contributed by atoms with van der Waals surface area (Å²) in [6, 6.07) is 0.827. The highest BCUT2D eigenvalue weighted by atomic mass is 32.2. The predicted molar refractivity (Wildman–Crippen MR) is 42.3 cm³/mol. The van der Waals surface area contributed by atoms with Gasteiger partial charge in [0.15, 0.2) is 0 Å². The molecule has 0 radical (unpaired) electrons. The summed E-state index contributed by atoms with van der Waals surface area (Å²) in [5.41, 5.74) is 5.32. The van der Waals surface area contributed by atoms with Crippen LogP contribution in [0.25, 0.3) is 0 Å². The Morgan fingerprint density at radius 3 is 2.89 bits per heavy atom. The second-order valence-corrected chi connectivity index (χ2v) is 3.32. The van der Waals surface area contributed by atoms with Crippen LogP contribution in [0.1, 0.15) is 19.3 Å². The minimum atomic E-state index is 0.819. The summed E-state index contributed by atoms with van der Waals surface area (Å²) in [6.45, 7) is 0.819. The lowest BCUT2D eigenvalue weighted by Crippen LogP contribution is -2.08. The lowest BCUT2D eigenvalue weighted by molar-refractivity contribution is 0.922. The second kappa shape index (κ2) is 4.14. The van der Waals surface area contributed by atoms with E-state index in [1.807, 2.05) is 11.9 Å². The summed E-state index contributed by atoms with van der Waals surface area (Å²) in [5.74, 6) is 1.16. The molecule has 0 aromatic rings. The fraction of sp³-hybridized carbons (Fsp3) is 1.00. The number of nitrogens with one attached hydrogen (secondary N) is 1. The summed E-state index contributed by atoms with van der Waals surface area (Å²) in [7, 11) is 0. The van der Waals surface area contributed by atoms with Gasteiger partial charge in [0.2, 0.25) is 0 Å². The first-order valence-corrected chi connectivity index (χ1v) is 4.49. The summed E-state index contributed by atoms with van der Waals surface area (Å²) in [4.78, 5) is 0. The molecule has 3 heteroatoms. The molecule has 54 valence electrons. The summed E-state index contributed by atoms with van der Waals surface area (Å²) in [6.07, 6.45) is 3.87. The second-order valence-electron chi connectivity index (χ2n) is 2.38. The fourth-order valence-corrected chi connectivity index (χ4v) is 1.43. The number of nitrogens with two attached hydrogens (primary N) is 1. The Balaban J connectivity index is 1.71. The Bertz CT molecular complexity index is 73.5. The molecule has 1 saturated carbocycles. The van der Waals surface area contributed by atoms with E-state index >= 15 is 0 Å². The highest BCUT2D eigenvalue weighted by molar-refractivity contribution is 7.97. The van der Waals surface area contributed by atoms with Gasteiger partial charge >= 0.3 is 0 Å². The zero-order chi connectivity index (χ0) is 6.53. The van der Waals surface area contributed by atoms with Crippen molar-refractivity contribution in [2.24, 2.45) is 5.73 Å². The third kappa shape index (κ3) is 3.78. The number of hydrogen-bond donors (Lipinski definition) is 2. The van der Waals surface area contributed by atoms with E-state index in [4.69, 9.17) is 5.73 Å². The molecule has 1 aliphatic carbocycles. The van der Waals surface area contributed by atoms with E-state index in [-0.39, 0.29) is 0 Å². The maximum atomic E-state index is 5.32. The Morgan fingerprint density at radius 2 is 2.33 bits per heavy atom. The van der Waals surface area contributed by atoms with Crippen LogP contribution in [0.5, 0.6) is 0 Å². The quantitative estimate of drug-likeness (QED) is 0.444. The smallest absolute Gasteiger partial charge is 0.0173 e. The molecule has 0 aliphatic heterocycles. The van der Waals surface area contributed by atoms with Gasteiger partial charge in [-0.3, -0.25) is 4.72 Å². The molecule has 0 spiro atoms. The number of hydrogen-bond acceptors (Lipinski definition) is 3. The molecule has 0 bridgehead atoms. The molecule has 0 heterocycles. The lowest BCUT2D eigenvalue weighted by atomic mass is 10.5. The van der Waals surface area contributed by atoms with Crippen molar-refractivity contribution in [3.05, 3.63) is 0 Å². The highest BCUT2D eigenvalue weighted by Crippen LogP contribution is 2.21. The van der Waals surface area contributed by atoms with E-state index in [1.54, 1.807) is 0 Å². The van der Waals surface area contributed by atoms with E-state index < -0.39 is 0 Å². The Labute approximate surface area is 60.7 Å². The molecule has 9 heavy (non-hydrogen) atoms. The Morgan fingerprint density at radius 1 is 1.56 bits per heavy atom. The van der Waals surface area contributed by atoms with Crippen LogP contribution < -0.4 is 10.5 Å². The van der Waals surface area contributed by atoms with Crippen molar-refractivity contribution >= 4 is 11.9 Å². The van der Waals surface area contributed by atoms with Gasteiger partial charge in [0.25, 0.3) is 0 Å². The van der Waals surface area contributed by atoms with E-state index in [2.05, 4.69) is 4.72 Å². The summed E-state index contributed by atoms with van der Waals surface area (Å²) >= 11 is 1.82. The van der Waals surface area contributed by atoms with Crippen LogP contribution in [-0.2, 0) is 0 Å². The van der Waals surface area contributed by atoms with Crippen LogP contribution in [0.4, 0.5) is 0 Å². The van der Waals surface area contributed by atoms with Gasteiger partial charge < -0.3 is 5.73 Å². The summed E-state index contributed by atoms with van der Waals surface area (Å²) < 4.78 is 3.35. The van der Waals surface area contributed by atoms with E-state index in [0.717, 1.165) is 24.8 Å². The van der Waals surface area contributed by atoms with Crippen molar-refractivity contribution in [1.82, 2.24) is 4.72 Å². The van der Waals surface area contributed by atoms with Gasteiger partial charge in [0.05, 0.1) is 0 Å². The SMILES string of the molecule is NCCCSNC1CC1. The van der Waals surface area contributed by atoms with Crippen LogP contribution in [-0.4, -0.2) is 18.3 Å². The predicted octanol–water partition coefficient (Wildman–Crippen LogP) is 0.735. The van der Waals surface area contributed by atoms with Crippen LogP contribution >= 0.6 is 11.9 Å². The van der Waals surface area contributed by atoms with Crippen LogP contribution in [0.2, 0.25) is 0 Å². The minimum absolute atomic E-state index is 0.819. The maximum absolute atomic E-state index is 5.32. The van der Waals surface area contributed by atoms with Gasteiger partial charge in [-0.15, -0.1) is 0 Å².